The topological polar surface area (TPSA) is 41.1 Å². The van der Waals surface area contributed by atoms with Gasteiger partial charge in [-0.3, -0.25) is 4.79 Å². The van der Waals surface area contributed by atoms with Crippen LogP contribution in [0.2, 0.25) is 0 Å². The summed E-state index contributed by atoms with van der Waals surface area (Å²) in [5.74, 6) is 1.41. The molecular formula is C14H27ClN2O. The Hall–Kier alpha value is -0.280. The summed E-state index contributed by atoms with van der Waals surface area (Å²) in [7, 11) is 0. The van der Waals surface area contributed by atoms with Crippen molar-refractivity contribution in [3.63, 3.8) is 0 Å². The first-order valence-corrected chi connectivity index (χ1v) is 7.30. The Balaban J connectivity index is 0.00000162. The molecule has 2 aliphatic rings. The van der Waals surface area contributed by atoms with Crippen LogP contribution in [0.5, 0.6) is 0 Å². The zero-order valence-electron chi connectivity index (χ0n) is 11.4. The maximum Gasteiger partial charge on any atom is 0.224 e. The van der Waals surface area contributed by atoms with Crippen molar-refractivity contribution < 1.29 is 4.79 Å². The monoisotopic (exact) mass is 274 g/mol. The van der Waals surface area contributed by atoms with E-state index < -0.39 is 0 Å². The number of amides is 1. The highest BCUT2D eigenvalue weighted by molar-refractivity contribution is 5.85. The number of hydrogen-bond donors (Lipinski definition) is 2. The van der Waals surface area contributed by atoms with Gasteiger partial charge in [-0.25, -0.2) is 0 Å². The molecule has 0 aromatic heterocycles. The zero-order chi connectivity index (χ0) is 12.1. The van der Waals surface area contributed by atoms with E-state index in [1.165, 1.54) is 32.1 Å². The number of carbonyl (C=O) groups excluding carboxylic acids is 1. The third kappa shape index (κ3) is 4.43. The largest absolute Gasteiger partial charge is 0.353 e. The molecule has 1 saturated heterocycles. The molecule has 0 aromatic rings. The van der Waals surface area contributed by atoms with E-state index in [0.717, 1.165) is 31.8 Å². The number of rotatable bonds is 3. The molecule has 18 heavy (non-hydrogen) atoms. The molecule has 106 valence electrons. The van der Waals surface area contributed by atoms with Gasteiger partial charge in [0.15, 0.2) is 0 Å². The van der Waals surface area contributed by atoms with Crippen molar-refractivity contribution in [2.45, 2.75) is 57.9 Å². The number of hydrogen-bond acceptors (Lipinski definition) is 2. The number of carbonyl (C=O) groups is 1. The first-order valence-electron chi connectivity index (χ1n) is 7.30. The summed E-state index contributed by atoms with van der Waals surface area (Å²) < 4.78 is 0. The van der Waals surface area contributed by atoms with Gasteiger partial charge < -0.3 is 10.6 Å². The van der Waals surface area contributed by atoms with Gasteiger partial charge in [0.2, 0.25) is 5.91 Å². The minimum Gasteiger partial charge on any atom is -0.353 e. The Morgan fingerprint density at radius 3 is 2.50 bits per heavy atom. The van der Waals surface area contributed by atoms with E-state index in [-0.39, 0.29) is 24.2 Å². The molecule has 2 N–H and O–H groups in total. The van der Waals surface area contributed by atoms with Gasteiger partial charge in [-0.05, 0) is 51.0 Å². The Kier molecular flexibility index (Phi) is 7.02. The molecule has 2 rings (SSSR count). The first kappa shape index (κ1) is 15.8. The lowest BCUT2D eigenvalue weighted by atomic mass is 9.84. The van der Waals surface area contributed by atoms with E-state index in [9.17, 15) is 4.79 Å². The van der Waals surface area contributed by atoms with Crippen molar-refractivity contribution in [1.82, 2.24) is 10.6 Å². The average Bonchev–Trinajstić information content (AvgIpc) is 2.40. The highest BCUT2D eigenvalue weighted by atomic mass is 35.5. The third-order valence-corrected chi connectivity index (χ3v) is 4.44. The van der Waals surface area contributed by atoms with E-state index >= 15 is 0 Å². The molecule has 1 heterocycles. The summed E-state index contributed by atoms with van der Waals surface area (Å²) in [5, 5.41) is 6.56. The minimum atomic E-state index is 0. The standard InChI is InChI=1S/C14H26N2O.ClH/c1-2-11-5-7-13(8-6-11)16-14(17)12-4-3-9-15-10-12;/h11-13,15H,2-10H2,1H3,(H,16,17);1H. The van der Waals surface area contributed by atoms with Crippen LogP contribution in [-0.2, 0) is 4.79 Å². The third-order valence-electron chi connectivity index (χ3n) is 4.44. The average molecular weight is 275 g/mol. The van der Waals surface area contributed by atoms with Crippen LogP contribution in [0.25, 0.3) is 0 Å². The normalized spacial score (nSPS) is 32.4. The van der Waals surface area contributed by atoms with Gasteiger partial charge >= 0.3 is 0 Å². The fraction of sp³-hybridized carbons (Fsp3) is 0.929. The number of piperidine rings is 1. The zero-order valence-corrected chi connectivity index (χ0v) is 12.2. The fourth-order valence-electron chi connectivity index (χ4n) is 3.11. The van der Waals surface area contributed by atoms with Gasteiger partial charge in [0.25, 0.3) is 0 Å². The smallest absolute Gasteiger partial charge is 0.224 e. The first-order chi connectivity index (χ1) is 8.29. The Labute approximate surface area is 117 Å². The number of nitrogens with one attached hydrogen (secondary N) is 2. The van der Waals surface area contributed by atoms with Crippen LogP contribution in [0.15, 0.2) is 0 Å². The Bertz CT molecular complexity index is 246. The van der Waals surface area contributed by atoms with E-state index in [4.69, 9.17) is 0 Å². The Morgan fingerprint density at radius 2 is 1.94 bits per heavy atom. The maximum atomic E-state index is 12.1. The van der Waals surface area contributed by atoms with Crippen molar-refractivity contribution in [3.05, 3.63) is 0 Å². The van der Waals surface area contributed by atoms with Crippen LogP contribution in [-0.4, -0.2) is 25.0 Å². The minimum absolute atomic E-state index is 0. The van der Waals surface area contributed by atoms with Gasteiger partial charge in [0, 0.05) is 12.6 Å². The molecule has 0 radical (unpaired) electrons. The van der Waals surface area contributed by atoms with Crippen LogP contribution < -0.4 is 10.6 Å². The molecule has 0 aromatic carbocycles. The van der Waals surface area contributed by atoms with Crippen LogP contribution in [0, 0.1) is 11.8 Å². The summed E-state index contributed by atoms with van der Waals surface area (Å²) in [4.78, 5) is 12.1. The molecule has 1 aliphatic carbocycles. The second kappa shape index (κ2) is 8.00. The molecule has 1 atom stereocenters. The quantitative estimate of drug-likeness (QED) is 0.830. The lowest BCUT2D eigenvalue weighted by Gasteiger charge is -2.30. The molecule has 1 amide bonds. The summed E-state index contributed by atoms with van der Waals surface area (Å²) in [6.45, 7) is 4.22. The molecule has 3 nitrogen and oxygen atoms in total. The molecule has 0 spiro atoms. The molecule has 4 heteroatoms. The second-order valence-electron chi connectivity index (χ2n) is 5.68. The fourth-order valence-corrected chi connectivity index (χ4v) is 3.11. The molecule has 1 aliphatic heterocycles. The van der Waals surface area contributed by atoms with Gasteiger partial charge in [-0.15, -0.1) is 12.4 Å². The maximum absolute atomic E-state index is 12.1. The van der Waals surface area contributed by atoms with E-state index in [1.807, 2.05) is 0 Å². The van der Waals surface area contributed by atoms with Crippen molar-refractivity contribution in [1.29, 1.82) is 0 Å². The molecule has 1 saturated carbocycles. The molecule has 2 fully saturated rings. The predicted octanol–water partition coefficient (Wildman–Crippen LogP) is 2.49. The van der Waals surface area contributed by atoms with E-state index in [2.05, 4.69) is 17.6 Å². The second-order valence-corrected chi connectivity index (χ2v) is 5.68. The summed E-state index contributed by atoms with van der Waals surface area (Å²) in [6, 6.07) is 0.451. The highest BCUT2D eigenvalue weighted by Crippen LogP contribution is 2.26. The summed E-state index contributed by atoms with van der Waals surface area (Å²) in [5.41, 5.74) is 0. The lowest BCUT2D eigenvalue weighted by Crippen LogP contribution is -2.45. The van der Waals surface area contributed by atoms with Crippen LogP contribution in [0.4, 0.5) is 0 Å². The van der Waals surface area contributed by atoms with Crippen molar-refractivity contribution >= 4 is 18.3 Å². The van der Waals surface area contributed by atoms with Crippen LogP contribution >= 0.6 is 12.4 Å². The van der Waals surface area contributed by atoms with Crippen molar-refractivity contribution in [2.24, 2.45) is 11.8 Å². The highest BCUT2D eigenvalue weighted by Gasteiger charge is 2.25. The Morgan fingerprint density at radius 1 is 1.22 bits per heavy atom. The number of halogens is 1. The SMILES string of the molecule is CCC1CCC(NC(=O)C2CCCNC2)CC1.Cl. The van der Waals surface area contributed by atoms with Gasteiger partial charge in [0.1, 0.15) is 0 Å². The van der Waals surface area contributed by atoms with E-state index in [1.54, 1.807) is 0 Å². The van der Waals surface area contributed by atoms with Gasteiger partial charge in [0.05, 0.1) is 5.92 Å². The van der Waals surface area contributed by atoms with E-state index in [0.29, 0.717) is 6.04 Å². The van der Waals surface area contributed by atoms with Gasteiger partial charge in [-0.2, -0.15) is 0 Å². The molecule has 0 bridgehead atoms. The van der Waals surface area contributed by atoms with Crippen LogP contribution in [0.3, 0.4) is 0 Å². The van der Waals surface area contributed by atoms with Gasteiger partial charge in [-0.1, -0.05) is 13.3 Å². The van der Waals surface area contributed by atoms with Crippen molar-refractivity contribution in [2.75, 3.05) is 13.1 Å². The van der Waals surface area contributed by atoms with Crippen molar-refractivity contribution in [3.8, 4) is 0 Å². The lowest BCUT2D eigenvalue weighted by molar-refractivity contribution is -0.126. The summed E-state index contributed by atoms with van der Waals surface area (Å²) in [6.07, 6.45) is 8.46. The summed E-state index contributed by atoms with van der Waals surface area (Å²) >= 11 is 0. The molecule has 1 unspecified atom stereocenters. The molecular weight excluding hydrogens is 248 g/mol. The predicted molar refractivity (Wildman–Crippen MR) is 77.0 cm³/mol. The van der Waals surface area contributed by atoms with Crippen LogP contribution in [0.1, 0.15) is 51.9 Å².